The molecule has 0 saturated carbocycles. The molecule has 0 aromatic heterocycles. The zero-order valence-electron chi connectivity index (χ0n) is 10.4. The maximum Gasteiger partial charge on any atom is 0.328 e. The van der Waals surface area contributed by atoms with Crippen LogP contribution < -0.4 is 4.90 Å². The zero-order valence-corrected chi connectivity index (χ0v) is 12.0. The minimum Gasteiger partial charge on any atom is -0.478 e. The molecule has 18 heavy (non-hydrogen) atoms. The van der Waals surface area contributed by atoms with Gasteiger partial charge in [-0.2, -0.15) is 0 Å². The van der Waals surface area contributed by atoms with Crippen molar-refractivity contribution in [3.63, 3.8) is 0 Å². The number of hydrogen-bond acceptors (Lipinski definition) is 3. The second-order valence-corrected chi connectivity index (χ2v) is 4.65. The van der Waals surface area contributed by atoms with Gasteiger partial charge in [0.15, 0.2) is 0 Å². The van der Waals surface area contributed by atoms with E-state index in [0.717, 1.165) is 28.3 Å². The third-order valence-corrected chi connectivity index (χ3v) is 3.07. The van der Waals surface area contributed by atoms with E-state index in [0.29, 0.717) is 6.61 Å². The van der Waals surface area contributed by atoms with E-state index in [9.17, 15) is 4.79 Å². The molecule has 1 aromatic rings. The van der Waals surface area contributed by atoms with Crippen molar-refractivity contribution in [1.29, 1.82) is 0 Å². The molecule has 0 saturated heterocycles. The summed E-state index contributed by atoms with van der Waals surface area (Å²) in [6, 6.07) is 5.71. The molecule has 0 fully saturated rings. The molecule has 4 nitrogen and oxygen atoms in total. The first-order valence-electron chi connectivity index (χ1n) is 5.45. The van der Waals surface area contributed by atoms with Crippen LogP contribution in [0.4, 0.5) is 5.69 Å². The molecule has 0 unspecified atom stereocenters. The molecule has 0 radical (unpaired) electrons. The highest BCUT2D eigenvalue weighted by molar-refractivity contribution is 9.10. The lowest BCUT2D eigenvalue weighted by Gasteiger charge is -2.20. The summed E-state index contributed by atoms with van der Waals surface area (Å²) in [4.78, 5) is 12.5. The lowest BCUT2D eigenvalue weighted by atomic mass is 10.2. The number of carbonyl (C=O) groups is 1. The van der Waals surface area contributed by atoms with Crippen LogP contribution in [0.5, 0.6) is 0 Å². The van der Waals surface area contributed by atoms with Gasteiger partial charge in [0, 0.05) is 31.3 Å². The van der Waals surface area contributed by atoms with Crippen LogP contribution in [0, 0.1) is 0 Å². The Morgan fingerprint density at radius 1 is 1.56 bits per heavy atom. The largest absolute Gasteiger partial charge is 0.478 e. The topological polar surface area (TPSA) is 49.8 Å². The summed E-state index contributed by atoms with van der Waals surface area (Å²) in [6.07, 6.45) is 2.68. The third-order valence-electron chi connectivity index (χ3n) is 2.43. The molecule has 0 aliphatic rings. The average molecular weight is 314 g/mol. The van der Waals surface area contributed by atoms with Crippen LogP contribution in [-0.4, -0.2) is 38.4 Å². The van der Waals surface area contributed by atoms with Crippen molar-refractivity contribution < 1.29 is 14.6 Å². The Kier molecular flexibility index (Phi) is 5.88. The van der Waals surface area contributed by atoms with Crippen molar-refractivity contribution in [2.45, 2.75) is 0 Å². The number of likely N-dealkylation sites (N-methyl/N-ethyl adjacent to an activating group) is 1. The summed E-state index contributed by atoms with van der Waals surface area (Å²) in [7, 11) is 3.65. The summed E-state index contributed by atoms with van der Waals surface area (Å²) in [5, 5.41) is 8.56. The van der Waals surface area contributed by atoms with Gasteiger partial charge in [-0.1, -0.05) is 6.07 Å². The molecule has 1 aromatic carbocycles. The smallest absolute Gasteiger partial charge is 0.328 e. The third kappa shape index (κ3) is 4.50. The molecular weight excluding hydrogens is 298 g/mol. The summed E-state index contributed by atoms with van der Waals surface area (Å²) >= 11 is 3.48. The number of methoxy groups -OCH3 is 1. The van der Waals surface area contributed by atoms with E-state index in [-0.39, 0.29) is 0 Å². The minimum absolute atomic E-state index is 0.656. The van der Waals surface area contributed by atoms with Crippen molar-refractivity contribution in [2.75, 3.05) is 32.2 Å². The van der Waals surface area contributed by atoms with Gasteiger partial charge < -0.3 is 14.7 Å². The summed E-state index contributed by atoms with van der Waals surface area (Å²) < 4.78 is 5.95. The second-order valence-electron chi connectivity index (χ2n) is 3.80. The number of rotatable bonds is 6. The molecule has 1 N–H and O–H groups in total. The van der Waals surface area contributed by atoms with Gasteiger partial charge >= 0.3 is 5.97 Å². The molecule has 0 amide bonds. The Balaban J connectivity index is 2.82. The summed E-state index contributed by atoms with van der Waals surface area (Å²) in [5.41, 5.74) is 1.88. The van der Waals surface area contributed by atoms with Crippen LogP contribution in [0.15, 0.2) is 28.7 Å². The molecule has 0 aliphatic heterocycles. The second kappa shape index (κ2) is 7.18. The Hall–Kier alpha value is -1.33. The quantitative estimate of drug-likeness (QED) is 0.820. The van der Waals surface area contributed by atoms with Gasteiger partial charge in [0.1, 0.15) is 0 Å². The molecule has 1 rings (SSSR count). The molecule has 98 valence electrons. The molecule has 0 spiro atoms. The van der Waals surface area contributed by atoms with Crippen LogP contribution in [0.25, 0.3) is 6.08 Å². The molecular formula is C13H16BrNO3. The number of halogens is 1. The van der Waals surface area contributed by atoms with Crippen molar-refractivity contribution in [1.82, 2.24) is 0 Å². The van der Waals surface area contributed by atoms with Gasteiger partial charge in [0.05, 0.1) is 12.3 Å². The first-order valence-corrected chi connectivity index (χ1v) is 6.24. The normalized spacial score (nSPS) is 10.8. The van der Waals surface area contributed by atoms with E-state index in [1.54, 1.807) is 13.2 Å². The van der Waals surface area contributed by atoms with Gasteiger partial charge in [0.2, 0.25) is 0 Å². The SMILES string of the molecule is COCCN(C)c1ccc(/C=C/C(=O)O)cc1Br. The van der Waals surface area contributed by atoms with E-state index >= 15 is 0 Å². The number of aliphatic carboxylic acids is 1. The first kappa shape index (κ1) is 14.7. The Labute approximate surface area is 115 Å². The minimum atomic E-state index is -0.951. The van der Waals surface area contributed by atoms with Gasteiger partial charge in [-0.05, 0) is 39.7 Å². The summed E-state index contributed by atoms with van der Waals surface area (Å²) in [5.74, 6) is -0.951. The zero-order chi connectivity index (χ0) is 13.5. The van der Waals surface area contributed by atoms with Crippen LogP contribution >= 0.6 is 15.9 Å². The number of benzene rings is 1. The maximum atomic E-state index is 10.4. The Bertz CT molecular complexity index is 446. The van der Waals surface area contributed by atoms with E-state index in [4.69, 9.17) is 9.84 Å². The first-order chi connectivity index (χ1) is 8.54. The van der Waals surface area contributed by atoms with Gasteiger partial charge in [-0.3, -0.25) is 0 Å². The van der Waals surface area contributed by atoms with Crippen LogP contribution in [0.2, 0.25) is 0 Å². The average Bonchev–Trinajstić information content (AvgIpc) is 2.33. The van der Waals surface area contributed by atoms with Crippen LogP contribution in [0.3, 0.4) is 0 Å². The number of nitrogens with zero attached hydrogens (tertiary/aromatic N) is 1. The molecule has 0 aliphatic carbocycles. The van der Waals surface area contributed by atoms with E-state index < -0.39 is 5.97 Å². The fourth-order valence-corrected chi connectivity index (χ4v) is 2.15. The van der Waals surface area contributed by atoms with E-state index in [1.807, 2.05) is 25.2 Å². The molecule has 0 atom stereocenters. The number of carboxylic acids is 1. The Morgan fingerprint density at radius 2 is 2.28 bits per heavy atom. The fourth-order valence-electron chi connectivity index (χ4n) is 1.45. The lowest BCUT2D eigenvalue weighted by Crippen LogP contribution is -2.22. The van der Waals surface area contributed by atoms with Crippen molar-refractivity contribution in [2.24, 2.45) is 0 Å². The van der Waals surface area contributed by atoms with Gasteiger partial charge in [-0.25, -0.2) is 4.79 Å². The number of carboxylic acid groups (broad SMARTS) is 1. The Morgan fingerprint density at radius 3 is 2.83 bits per heavy atom. The molecule has 0 heterocycles. The highest BCUT2D eigenvalue weighted by Crippen LogP contribution is 2.26. The molecule has 0 bridgehead atoms. The van der Waals surface area contributed by atoms with E-state index in [2.05, 4.69) is 20.8 Å². The monoisotopic (exact) mass is 313 g/mol. The number of anilines is 1. The van der Waals surface area contributed by atoms with Crippen molar-refractivity contribution in [3.8, 4) is 0 Å². The number of ether oxygens (including phenoxy) is 1. The van der Waals surface area contributed by atoms with E-state index in [1.165, 1.54) is 0 Å². The lowest BCUT2D eigenvalue weighted by molar-refractivity contribution is -0.131. The highest BCUT2D eigenvalue weighted by Gasteiger charge is 2.05. The fraction of sp³-hybridized carbons (Fsp3) is 0.308. The predicted molar refractivity (Wildman–Crippen MR) is 76.0 cm³/mol. The van der Waals surface area contributed by atoms with Gasteiger partial charge in [0.25, 0.3) is 0 Å². The standard InChI is InChI=1S/C13H16BrNO3/c1-15(7-8-18-2)12-5-3-10(9-11(12)14)4-6-13(16)17/h3-6,9H,7-8H2,1-2H3,(H,16,17)/b6-4+. The van der Waals surface area contributed by atoms with Crippen molar-refractivity contribution >= 4 is 33.7 Å². The highest BCUT2D eigenvalue weighted by atomic mass is 79.9. The predicted octanol–water partition coefficient (Wildman–Crippen LogP) is 2.63. The van der Waals surface area contributed by atoms with Crippen LogP contribution in [-0.2, 0) is 9.53 Å². The summed E-state index contributed by atoms with van der Waals surface area (Å²) in [6.45, 7) is 1.45. The van der Waals surface area contributed by atoms with Crippen LogP contribution in [0.1, 0.15) is 5.56 Å². The van der Waals surface area contributed by atoms with Gasteiger partial charge in [-0.15, -0.1) is 0 Å². The van der Waals surface area contributed by atoms with Crippen molar-refractivity contribution in [3.05, 3.63) is 34.3 Å². The molecule has 5 heteroatoms. The maximum absolute atomic E-state index is 10.4. The number of hydrogen-bond donors (Lipinski definition) is 1.